The minimum atomic E-state index is -0.745. The van der Waals surface area contributed by atoms with Gasteiger partial charge in [-0.15, -0.1) is 12.4 Å². The zero-order valence-electron chi connectivity index (χ0n) is 10.5. The molecule has 0 aliphatic carbocycles. The van der Waals surface area contributed by atoms with Gasteiger partial charge < -0.3 is 10.0 Å². The van der Waals surface area contributed by atoms with Gasteiger partial charge in [0.05, 0.1) is 11.4 Å². The van der Waals surface area contributed by atoms with E-state index < -0.39 is 5.97 Å². The molecule has 1 aliphatic rings. The molecule has 1 aliphatic heterocycles. The summed E-state index contributed by atoms with van der Waals surface area (Å²) in [6.07, 6.45) is 1.93. The maximum Gasteiger partial charge on any atom is 0.304 e. The minimum absolute atomic E-state index is 0. The van der Waals surface area contributed by atoms with Crippen molar-refractivity contribution in [2.24, 2.45) is 0 Å². The molecule has 0 spiro atoms. The molecule has 0 bridgehead atoms. The topological polar surface area (TPSA) is 56.7 Å². The quantitative estimate of drug-likeness (QED) is 0.918. The number of aromatic nitrogens is 1. The van der Waals surface area contributed by atoms with E-state index in [1.807, 2.05) is 12.1 Å². The number of hydrogen-bond donors (Lipinski definition) is 1. The van der Waals surface area contributed by atoms with Crippen molar-refractivity contribution in [2.75, 3.05) is 37.6 Å². The van der Waals surface area contributed by atoms with Crippen LogP contribution in [0.5, 0.6) is 0 Å². The van der Waals surface area contributed by atoms with Crippen LogP contribution in [0.4, 0.5) is 5.82 Å². The molecule has 2 rings (SSSR count). The molecule has 7 heteroatoms. The third kappa shape index (κ3) is 4.53. The van der Waals surface area contributed by atoms with E-state index in [4.69, 9.17) is 16.7 Å². The Morgan fingerprint density at radius 3 is 2.63 bits per heavy atom. The van der Waals surface area contributed by atoms with E-state index in [9.17, 15) is 4.79 Å². The maximum atomic E-state index is 10.5. The van der Waals surface area contributed by atoms with E-state index in [2.05, 4.69) is 14.8 Å². The van der Waals surface area contributed by atoms with Crippen molar-refractivity contribution >= 4 is 35.8 Å². The zero-order valence-corrected chi connectivity index (χ0v) is 12.0. The Kier molecular flexibility index (Phi) is 6.34. The predicted octanol–water partition coefficient (Wildman–Crippen LogP) is 1.75. The summed E-state index contributed by atoms with van der Waals surface area (Å²) in [7, 11) is 0. The summed E-state index contributed by atoms with van der Waals surface area (Å²) in [5.41, 5.74) is 0. The molecule has 1 saturated heterocycles. The average Bonchev–Trinajstić information content (AvgIpc) is 2.38. The highest BCUT2D eigenvalue weighted by Gasteiger charge is 2.19. The van der Waals surface area contributed by atoms with Crippen LogP contribution in [0.3, 0.4) is 0 Å². The van der Waals surface area contributed by atoms with Crippen LogP contribution in [-0.2, 0) is 4.79 Å². The Hall–Kier alpha value is -1.04. The lowest BCUT2D eigenvalue weighted by Gasteiger charge is -2.35. The number of carboxylic acid groups (broad SMARTS) is 1. The number of carbonyl (C=O) groups is 1. The van der Waals surface area contributed by atoms with Gasteiger partial charge in [-0.05, 0) is 12.1 Å². The number of nitrogens with zero attached hydrogens (tertiary/aromatic N) is 3. The second-order valence-electron chi connectivity index (χ2n) is 4.28. The summed E-state index contributed by atoms with van der Waals surface area (Å²) in [5, 5.41) is 9.31. The van der Waals surface area contributed by atoms with Gasteiger partial charge in [0.25, 0.3) is 0 Å². The van der Waals surface area contributed by atoms with Crippen LogP contribution >= 0.6 is 24.0 Å². The van der Waals surface area contributed by atoms with Crippen molar-refractivity contribution in [1.82, 2.24) is 9.88 Å². The predicted molar refractivity (Wildman–Crippen MR) is 77.4 cm³/mol. The van der Waals surface area contributed by atoms with Gasteiger partial charge in [0.2, 0.25) is 0 Å². The number of halogens is 2. The first-order chi connectivity index (χ1) is 8.66. The highest BCUT2D eigenvalue weighted by Crippen LogP contribution is 2.23. The summed E-state index contributed by atoms with van der Waals surface area (Å²) < 4.78 is 0. The molecule has 0 radical (unpaired) electrons. The molecule has 1 N–H and O–H groups in total. The Morgan fingerprint density at radius 1 is 1.37 bits per heavy atom. The molecule has 0 atom stereocenters. The van der Waals surface area contributed by atoms with E-state index in [1.54, 1.807) is 6.20 Å². The second-order valence-corrected chi connectivity index (χ2v) is 4.69. The summed E-state index contributed by atoms with van der Waals surface area (Å²) in [6.45, 7) is 3.96. The molecule has 1 aromatic rings. The van der Waals surface area contributed by atoms with Crippen molar-refractivity contribution < 1.29 is 9.90 Å². The first kappa shape index (κ1) is 16.0. The molecule has 1 aromatic heterocycles. The standard InChI is InChI=1S/C12H16ClN3O2.ClH/c13-10-2-1-4-14-12(10)16-8-6-15(7-9-16)5-3-11(17)18;/h1-2,4H,3,5-9H2,(H,17,18);1H. The molecule has 106 valence electrons. The minimum Gasteiger partial charge on any atom is -0.481 e. The summed E-state index contributed by atoms with van der Waals surface area (Å²) >= 11 is 6.10. The van der Waals surface area contributed by atoms with Gasteiger partial charge in [0.1, 0.15) is 5.82 Å². The SMILES string of the molecule is Cl.O=C(O)CCN1CCN(c2ncccc2Cl)CC1. The fourth-order valence-corrected chi connectivity index (χ4v) is 2.29. The largest absolute Gasteiger partial charge is 0.481 e. The number of aliphatic carboxylic acids is 1. The van der Waals surface area contributed by atoms with Gasteiger partial charge >= 0.3 is 5.97 Å². The lowest BCUT2D eigenvalue weighted by atomic mass is 10.3. The van der Waals surface area contributed by atoms with Gasteiger partial charge in [-0.1, -0.05) is 11.6 Å². The van der Waals surface area contributed by atoms with E-state index >= 15 is 0 Å². The normalized spacial score (nSPS) is 15.9. The molecule has 2 heterocycles. The molecule has 0 saturated carbocycles. The van der Waals surface area contributed by atoms with Gasteiger partial charge in [0, 0.05) is 38.9 Å². The van der Waals surface area contributed by atoms with Gasteiger partial charge in [-0.3, -0.25) is 9.69 Å². The number of anilines is 1. The van der Waals surface area contributed by atoms with Crippen molar-refractivity contribution in [3.05, 3.63) is 23.4 Å². The Balaban J connectivity index is 0.00000180. The summed E-state index contributed by atoms with van der Waals surface area (Å²) in [6, 6.07) is 3.65. The van der Waals surface area contributed by atoms with Crippen molar-refractivity contribution in [3.63, 3.8) is 0 Å². The van der Waals surface area contributed by atoms with Gasteiger partial charge in [0.15, 0.2) is 0 Å². The van der Waals surface area contributed by atoms with Crippen LogP contribution in [-0.4, -0.2) is 53.7 Å². The zero-order chi connectivity index (χ0) is 13.0. The van der Waals surface area contributed by atoms with Crippen molar-refractivity contribution in [1.29, 1.82) is 0 Å². The lowest BCUT2D eigenvalue weighted by Crippen LogP contribution is -2.47. The van der Waals surface area contributed by atoms with E-state index in [1.165, 1.54) is 0 Å². The van der Waals surface area contributed by atoms with Crippen LogP contribution in [0.25, 0.3) is 0 Å². The number of hydrogen-bond acceptors (Lipinski definition) is 4. The Morgan fingerprint density at radius 2 is 2.05 bits per heavy atom. The van der Waals surface area contributed by atoms with Crippen LogP contribution in [0.1, 0.15) is 6.42 Å². The van der Waals surface area contributed by atoms with Crippen molar-refractivity contribution in [2.45, 2.75) is 6.42 Å². The summed E-state index contributed by atoms with van der Waals surface area (Å²) in [5.74, 6) is 0.0715. The average molecular weight is 306 g/mol. The number of rotatable bonds is 4. The highest BCUT2D eigenvalue weighted by atomic mass is 35.5. The Bertz CT molecular complexity index is 423. The number of carboxylic acids is 1. The van der Waals surface area contributed by atoms with Crippen molar-refractivity contribution in [3.8, 4) is 0 Å². The molecule has 0 aromatic carbocycles. The first-order valence-electron chi connectivity index (χ1n) is 5.96. The third-order valence-corrected chi connectivity index (χ3v) is 3.35. The van der Waals surface area contributed by atoms with Gasteiger partial charge in [-0.25, -0.2) is 4.98 Å². The van der Waals surface area contributed by atoms with Crippen LogP contribution in [0, 0.1) is 0 Å². The third-order valence-electron chi connectivity index (χ3n) is 3.05. The van der Waals surface area contributed by atoms with E-state index in [-0.39, 0.29) is 18.8 Å². The highest BCUT2D eigenvalue weighted by molar-refractivity contribution is 6.32. The summed E-state index contributed by atoms with van der Waals surface area (Å²) in [4.78, 5) is 19.1. The molecule has 5 nitrogen and oxygen atoms in total. The molecular weight excluding hydrogens is 289 g/mol. The second kappa shape index (κ2) is 7.53. The first-order valence-corrected chi connectivity index (χ1v) is 6.34. The molecule has 1 fully saturated rings. The molecule has 0 amide bonds. The number of pyridine rings is 1. The molecular formula is C12H17Cl2N3O2. The van der Waals surface area contributed by atoms with Crippen LogP contribution < -0.4 is 4.90 Å². The van der Waals surface area contributed by atoms with Gasteiger partial charge in [-0.2, -0.15) is 0 Å². The fourth-order valence-electron chi connectivity index (χ4n) is 2.05. The van der Waals surface area contributed by atoms with Crippen LogP contribution in [0.15, 0.2) is 18.3 Å². The molecule has 19 heavy (non-hydrogen) atoms. The van der Waals surface area contributed by atoms with E-state index in [0.29, 0.717) is 11.6 Å². The maximum absolute atomic E-state index is 10.5. The lowest BCUT2D eigenvalue weighted by molar-refractivity contribution is -0.137. The monoisotopic (exact) mass is 305 g/mol. The fraction of sp³-hybridized carbons (Fsp3) is 0.500. The van der Waals surface area contributed by atoms with E-state index in [0.717, 1.165) is 32.0 Å². The molecule has 0 unspecified atom stereocenters. The number of piperazine rings is 1. The smallest absolute Gasteiger partial charge is 0.304 e. The van der Waals surface area contributed by atoms with Crippen LogP contribution in [0.2, 0.25) is 5.02 Å². The Labute approximate surface area is 123 Å².